The Morgan fingerprint density at radius 1 is 1.36 bits per heavy atom. The minimum absolute atomic E-state index is 0.208. The normalized spacial score (nSPS) is 24.1. The molecule has 1 fully saturated rings. The largest absolute Gasteiger partial charge is 0.388 e. The molecule has 0 saturated heterocycles. The number of carbonyl (C=O) groups is 1. The SMILES string of the molecule is CCCn1nc(C(=O)NCC2(O)CCC(C(C)(C)C)CC2)ccc1=O. The second kappa shape index (κ2) is 7.68. The summed E-state index contributed by atoms with van der Waals surface area (Å²) < 4.78 is 1.30. The number of aliphatic hydroxyl groups is 1. The van der Waals surface area contributed by atoms with Crippen LogP contribution in [0.2, 0.25) is 0 Å². The van der Waals surface area contributed by atoms with Gasteiger partial charge in [0.05, 0.1) is 5.60 Å². The second-order valence-corrected chi connectivity index (χ2v) is 8.33. The summed E-state index contributed by atoms with van der Waals surface area (Å²) in [6.45, 7) is 9.36. The van der Waals surface area contributed by atoms with Crippen molar-refractivity contribution in [2.24, 2.45) is 11.3 Å². The maximum Gasteiger partial charge on any atom is 0.271 e. The number of hydrogen-bond acceptors (Lipinski definition) is 4. The zero-order valence-electron chi connectivity index (χ0n) is 15.8. The maximum atomic E-state index is 12.3. The summed E-state index contributed by atoms with van der Waals surface area (Å²) in [7, 11) is 0. The lowest BCUT2D eigenvalue weighted by Crippen LogP contribution is -2.46. The fraction of sp³-hybridized carbons (Fsp3) is 0.737. The Morgan fingerprint density at radius 3 is 2.56 bits per heavy atom. The van der Waals surface area contributed by atoms with E-state index < -0.39 is 5.60 Å². The molecule has 1 aliphatic carbocycles. The standard InChI is InChI=1S/C19H31N3O3/c1-5-12-22-16(23)7-6-15(21-22)17(24)20-13-19(25)10-8-14(9-11-19)18(2,3)4/h6-7,14,25H,5,8-13H2,1-4H3,(H,20,24). The van der Waals surface area contributed by atoms with Crippen LogP contribution in [0, 0.1) is 11.3 Å². The zero-order valence-corrected chi connectivity index (χ0v) is 15.8. The Balaban J connectivity index is 1.94. The molecule has 1 saturated carbocycles. The first-order valence-corrected chi connectivity index (χ1v) is 9.23. The van der Waals surface area contributed by atoms with E-state index in [2.05, 4.69) is 31.2 Å². The van der Waals surface area contributed by atoms with Crippen LogP contribution in [-0.4, -0.2) is 32.9 Å². The van der Waals surface area contributed by atoms with Crippen LogP contribution in [-0.2, 0) is 6.54 Å². The Kier molecular flexibility index (Phi) is 6.03. The van der Waals surface area contributed by atoms with Crippen LogP contribution in [0.4, 0.5) is 0 Å². The van der Waals surface area contributed by atoms with E-state index in [1.807, 2.05) is 6.92 Å². The second-order valence-electron chi connectivity index (χ2n) is 8.33. The molecule has 6 heteroatoms. The average molecular weight is 349 g/mol. The Labute approximate surface area is 149 Å². The molecule has 1 aromatic rings. The van der Waals surface area contributed by atoms with Crippen molar-refractivity contribution in [3.05, 3.63) is 28.2 Å². The lowest BCUT2D eigenvalue weighted by Gasteiger charge is -2.41. The van der Waals surface area contributed by atoms with Gasteiger partial charge in [0.15, 0.2) is 0 Å². The highest BCUT2D eigenvalue weighted by atomic mass is 16.3. The Bertz CT molecular complexity index is 653. The lowest BCUT2D eigenvalue weighted by molar-refractivity contribution is -0.0229. The van der Waals surface area contributed by atoms with Crippen LogP contribution in [0.1, 0.15) is 70.3 Å². The van der Waals surface area contributed by atoms with E-state index >= 15 is 0 Å². The van der Waals surface area contributed by atoms with Crippen molar-refractivity contribution < 1.29 is 9.90 Å². The van der Waals surface area contributed by atoms with Crippen molar-refractivity contribution in [3.8, 4) is 0 Å². The molecule has 1 aliphatic rings. The zero-order chi connectivity index (χ0) is 18.7. The molecular weight excluding hydrogens is 318 g/mol. The van der Waals surface area contributed by atoms with Crippen LogP contribution in [0.25, 0.3) is 0 Å². The van der Waals surface area contributed by atoms with Gasteiger partial charge in [0.25, 0.3) is 11.5 Å². The van der Waals surface area contributed by atoms with Crippen molar-refractivity contribution in [3.63, 3.8) is 0 Å². The lowest BCUT2D eigenvalue weighted by atomic mass is 9.68. The third-order valence-electron chi connectivity index (χ3n) is 5.25. The van der Waals surface area contributed by atoms with Crippen LogP contribution < -0.4 is 10.9 Å². The summed E-state index contributed by atoms with van der Waals surface area (Å²) in [5, 5.41) is 17.6. The molecule has 140 valence electrons. The van der Waals surface area contributed by atoms with Gasteiger partial charge in [-0.2, -0.15) is 5.10 Å². The molecule has 1 amide bonds. The highest BCUT2D eigenvalue weighted by Crippen LogP contribution is 2.41. The predicted octanol–water partition coefficient (Wildman–Crippen LogP) is 2.35. The van der Waals surface area contributed by atoms with Crippen LogP contribution in [0.5, 0.6) is 0 Å². The summed E-state index contributed by atoms with van der Waals surface area (Å²) in [6, 6.07) is 2.80. The van der Waals surface area contributed by atoms with E-state index in [-0.39, 0.29) is 29.1 Å². The number of carbonyl (C=O) groups excluding carboxylic acids is 1. The highest BCUT2D eigenvalue weighted by Gasteiger charge is 2.37. The first-order valence-electron chi connectivity index (χ1n) is 9.23. The first kappa shape index (κ1) is 19.6. The van der Waals surface area contributed by atoms with E-state index in [4.69, 9.17) is 0 Å². The van der Waals surface area contributed by atoms with Gasteiger partial charge in [-0.15, -0.1) is 0 Å². The van der Waals surface area contributed by atoms with Crippen LogP contribution in [0.15, 0.2) is 16.9 Å². The number of hydrogen-bond donors (Lipinski definition) is 2. The van der Waals surface area contributed by atoms with Crippen molar-refractivity contribution in [2.75, 3.05) is 6.54 Å². The predicted molar refractivity (Wildman–Crippen MR) is 97.5 cm³/mol. The topological polar surface area (TPSA) is 84.2 Å². The fourth-order valence-electron chi connectivity index (χ4n) is 3.48. The highest BCUT2D eigenvalue weighted by molar-refractivity contribution is 5.92. The molecule has 0 spiro atoms. The molecule has 6 nitrogen and oxygen atoms in total. The molecule has 0 radical (unpaired) electrons. The van der Waals surface area contributed by atoms with Crippen LogP contribution >= 0.6 is 0 Å². The number of nitrogens with one attached hydrogen (secondary N) is 1. The molecular formula is C19H31N3O3. The fourth-order valence-corrected chi connectivity index (χ4v) is 3.48. The quantitative estimate of drug-likeness (QED) is 0.855. The minimum Gasteiger partial charge on any atom is -0.388 e. The number of nitrogens with zero attached hydrogens (tertiary/aromatic N) is 2. The van der Waals surface area contributed by atoms with Gasteiger partial charge >= 0.3 is 0 Å². The van der Waals surface area contributed by atoms with E-state index in [1.54, 1.807) is 0 Å². The molecule has 0 aromatic carbocycles. The third kappa shape index (κ3) is 5.14. The van der Waals surface area contributed by atoms with Crippen molar-refractivity contribution >= 4 is 5.91 Å². The van der Waals surface area contributed by atoms with E-state index in [0.717, 1.165) is 19.3 Å². The summed E-state index contributed by atoms with van der Waals surface area (Å²) in [5.41, 5.74) is -0.603. The van der Waals surface area contributed by atoms with Gasteiger partial charge in [0.2, 0.25) is 0 Å². The molecule has 0 atom stereocenters. The van der Waals surface area contributed by atoms with Gasteiger partial charge in [-0.3, -0.25) is 9.59 Å². The Hall–Kier alpha value is -1.69. The van der Waals surface area contributed by atoms with E-state index in [1.165, 1.54) is 16.8 Å². The minimum atomic E-state index is -0.852. The molecule has 2 rings (SSSR count). The molecule has 1 heterocycles. The van der Waals surface area contributed by atoms with Gasteiger partial charge in [0, 0.05) is 19.2 Å². The maximum absolute atomic E-state index is 12.3. The summed E-state index contributed by atoms with van der Waals surface area (Å²) >= 11 is 0. The summed E-state index contributed by atoms with van der Waals surface area (Å²) in [6.07, 6.45) is 4.09. The third-order valence-corrected chi connectivity index (χ3v) is 5.25. The molecule has 0 unspecified atom stereocenters. The smallest absolute Gasteiger partial charge is 0.271 e. The number of aromatic nitrogens is 2. The van der Waals surface area contributed by atoms with E-state index in [9.17, 15) is 14.7 Å². The number of amides is 1. The molecule has 1 aromatic heterocycles. The van der Waals surface area contributed by atoms with Crippen molar-refractivity contribution in [2.45, 2.75) is 71.9 Å². The summed E-state index contributed by atoms with van der Waals surface area (Å²) in [4.78, 5) is 24.0. The van der Waals surface area contributed by atoms with Crippen molar-refractivity contribution in [1.29, 1.82) is 0 Å². The number of aryl methyl sites for hydroxylation is 1. The van der Waals surface area contributed by atoms with Crippen LogP contribution in [0.3, 0.4) is 0 Å². The van der Waals surface area contributed by atoms with Crippen molar-refractivity contribution in [1.82, 2.24) is 15.1 Å². The molecule has 0 aliphatic heterocycles. The monoisotopic (exact) mass is 349 g/mol. The van der Waals surface area contributed by atoms with Gasteiger partial charge in [0.1, 0.15) is 5.69 Å². The Morgan fingerprint density at radius 2 is 2.00 bits per heavy atom. The molecule has 25 heavy (non-hydrogen) atoms. The van der Waals surface area contributed by atoms with E-state index in [0.29, 0.717) is 25.3 Å². The van der Waals surface area contributed by atoms with Gasteiger partial charge in [-0.1, -0.05) is 27.7 Å². The average Bonchev–Trinajstić information content (AvgIpc) is 2.54. The van der Waals surface area contributed by atoms with Gasteiger partial charge in [-0.05, 0) is 49.5 Å². The van der Waals surface area contributed by atoms with Gasteiger partial charge < -0.3 is 10.4 Å². The number of rotatable bonds is 5. The molecule has 2 N–H and O–H groups in total. The summed E-state index contributed by atoms with van der Waals surface area (Å²) in [5.74, 6) is 0.249. The first-order chi connectivity index (χ1) is 11.6. The van der Waals surface area contributed by atoms with Gasteiger partial charge in [-0.25, -0.2) is 4.68 Å². The molecule has 0 bridgehead atoms.